The van der Waals surface area contributed by atoms with Gasteiger partial charge < -0.3 is 29.2 Å². The van der Waals surface area contributed by atoms with Gasteiger partial charge in [0.15, 0.2) is 11.6 Å². The van der Waals surface area contributed by atoms with E-state index in [0.717, 1.165) is 23.7 Å². The third-order valence-electron chi connectivity index (χ3n) is 11.8. The van der Waals surface area contributed by atoms with Crippen LogP contribution in [0.1, 0.15) is 64.2 Å². The van der Waals surface area contributed by atoms with Crippen molar-refractivity contribution in [3.63, 3.8) is 0 Å². The number of aliphatic hydroxyl groups excluding tert-OH is 2. The Morgan fingerprint density at radius 1 is 0.406 bits per heavy atom. The standard InChI is InChI=1S/C26H36O6/c27-19-21-22(30-25(29-21)15-3-11-1-12(5-15)6-16(25)4-11)20(28)24-23(19)31-26(32-24)17-7-13-2-14(9-17)10-18(26)8-13/h11-24,27-28H,1-10H2/t11?,12?,13?,14?,15?,16?,17?,18?,19?,20?,21-,22-,23-,24+,25?,26?/m1/s1. The Balaban J connectivity index is 1.03. The molecule has 0 amide bonds. The molecule has 11 rings (SSSR count). The van der Waals surface area contributed by atoms with E-state index in [9.17, 15) is 10.2 Å². The van der Waals surface area contributed by atoms with Crippen LogP contribution >= 0.6 is 0 Å². The number of hydrogen-bond donors (Lipinski definition) is 2. The minimum Gasteiger partial charge on any atom is -0.387 e. The number of aliphatic hydroxyl groups is 2. The van der Waals surface area contributed by atoms with E-state index in [0.29, 0.717) is 23.7 Å². The Kier molecular flexibility index (Phi) is 3.52. The molecule has 0 radical (unpaired) electrons. The molecule has 32 heavy (non-hydrogen) atoms. The highest BCUT2D eigenvalue weighted by atomic mass is 16.8. The smallest absolute Gasteiger partial charge is 0.175 e. The summed E-state index contributed by atoms with van der Waals surface area (Å²) >= 11 is 0. The van der Waals surface area contributed by atoms with Gasteiger partial charge >= 0.3 is 0 Å². The molecule has 0 aromatic heterocycles. The lowest BCUT2D eigenvalue weighted by atomic mass is 9.53. The lowest BCUT2D eigenvalue weighted by molar-refractivity contribution is -0.316. The maximum atomic E-state index is 11.5. The average Bonchev–Trinajstić information content (AvgIpc) is 3.36. The van der Waals surface area contributed by atoms with E-state index < -0.39 is 48.2 Å². The van der Waals surface area contributed by atoms with E-state index in [4.69, 9.17) is 18.9 Å². The van der Waals surface area contributed by atoms with Gasteiger partial charge in [-0.15, -0.1) is 0 Å². The van der Waals surface area contributed by atoms with Crippen LogP contribution in [0.25, 0.3) is 0 Å². The van der Waals surface area contributed by atoms with Crippen molar-refractivity contribution >= 4 is 0 Å². The highest BCUT2D eigenvalue weighted by Crippen LogP contribution is 2.66. The zero-order chi connectivity index (χ0) is 21.0. The first-order chi connectivity index (χ1) is 15.5. The monoisotopic (exact) mass is 444 g/mol. The molecule has 6 heteroatoms. The molecule has 0 aromatic carbocycles. The topological polar surface area (TPSA) is 77.4 Å². The molecule has 2 heterocycles. The Bertz CT molecular complexity index is 690. The second-order valence-electron chi connectivity index (χ2n) is 13.4. The van der Waals surface area contributed by atoms with Crippen molar-refractivity contribution in [3.05, 3.63) is 0 Å². The molecule has 8 bridgehead atoms. The van der Waals surface area contributed by atoms with Crippen molar-refractivity contribution in [2.75, 3.05) is 0 Å². The predicted molar refractivity (Wildman–Crippen MR) is 111 cm³/mol. The zero-order valence-corrected chi connectivity index (χ0v) is 18.7. The number of ether oxygens (including phenoxy) is 4. The van der Waals surface area contributed by atoms with E-state index in [1.165, 1.54) is 64.2 Å². The summed E-state index contributed by atoms with van der Waals surface area (Å²) in [7, 11) is 0. The number of fused-ring (bicyclic) bond motifs is 2. The van der Waals surface area contributed by atoms with Crippen LogP contribution < -0.4 is 0 Å². The van der Waals surface area contributed by atoms with Gasteiger partial charge in [-0.3, -0.25) is 0 Å². The van der Waals surface area contributed by atoms with E-state index in [1.54, 1.807) is 0 Å². The molecule has 9 aliphatic carbocycles. The van der Waals surface area contributed by atoms with Crippen molar-refractivity contribution in [2.24, 2.45) is 47.3 Å². The first kappa shape index (κ1) is 19.0. The first-order valence-electron chi connectivity index (χ1n) is 13.6. The Morgan fingerprint density at radius 3 is 0.906 bits per heavy atom. The van der Waals surface area contributed by atoms with Crippen LogP contribution in [0, 0.1) is 47.3 Å². The molecule has 176 valence electrons. The summed E-state index contributed by atoms with van der Waals surface area (Å²) in [6, 6.07) is 0. The van der Waals surface area contributed by atoms with Crippen molar-refractivity contribution in [2.45, 2.75) is 112 Å². The summed E-state index contributed by atoms with van der Waals surface area (Å²) < 4.78 is 27.0. The highest BCUT2D eigenvalue weighted by Gasteiger charge is 2.73. The molecule has 9 saturated carbocycles. The lowest BCUT2D eigenvalue weighted by Gasteiger charge is -2.58. The minimum atomic E-state index is -0.804. The van der Waals surface area contributed by atoms with Crippen LogP contribution in [0.15, 0.2) is 0 Å². The maximum absolute atomic E-state index is 11.5. The van der Waals surface area contributed by atoms with E-state index in [-0.39, 0.29) is 0 Å². The molecular weight excluding hydrogens is 408 g/mol. The third-order valence-corrected chi connectivity index (χ3v) is 11.8. The molecule has 6 atom stereocenters. The van der Waals surface area contributed by atoms with E-state index >= 15 is 0 Å². The number of rotatable bonds is 0. The van der Waals surface area contributed by atoms with Gasteiger partial charge in [0, 0.05) is 23.7 Å². The zero-order valence-electron chi connectivity index (χ0n) is 18.7. The van der Waals surface area contributed by atoms with Crippen LogP contribution in [-0.4, -0.2) is 58.4 Å². The minimum absolute atomic E-state index is 0.404. The van der Waals surface area contributed by atoms with Gasteiger partial charge in [-0.2, -0.15) is 0 Å². The summed E-state index contributed by atoms with van der Waals surface area (Å²) in [6.45, 7) is 0. The summed E-state index contributed by atoms with van der Waals surface area (Å²) in [5, 5.41) is 23.0. The molecular formula is C26H36O6. The summed E-state index contributed by atoms with van der Waals surface area (Å²) in [5.74, 6) is 3.66. The molecule has 0 aromatic rings. The fraction of sp³-hybridized carbons (Fsp3) is 1.00. The van der Waals surface area contributed by atoms with Crippen molar-refractivity contribution in [1.29, 1.82) is 0 Å². The van der Waals surface area contributed by atoms with Gasteiger partial charge in [-0.1, -0.05) is 0 Å². The largest absolute Gasteiger partial charge is 0.387 e. The second-order valence-corrected chi connectivity index (χ2v) is 13.4. The molecule has 2 saturated heterocycles. The van der Waals surface area contributed by atoms with Gasteiger partial charge in [0.05, 0.1) is 0 Å². The van der Waals surface area contributed by atoms with Crippen LogP contribution in [0.2, 0.25) is 0 Å². The molecule has 2 spiro atoms. The van der Waals surface area contributed by atoms with Crippen LogP contribution in [0.5, 0.6) is 0 Å². The maximum Gasteiger partial charge on any atom is 0.175 e. The normalized spacial score (nSPS) is 69.9. The number of hydrogen-bond acceptors (Lipinski definition) is 6. The van der Waals surface area contributed by atoms with Crippen LogP contribution in [0.3, 0.4) is 0 Å². The van der Waals surface area contributed by atoms with Gasteiger partial charge in [-0.05, 0) is 87.9 Å². The van der Waals surface area contributed by atoms with E-state index in [2.05, 4.69) is 0 Å². The predicted octanol–water partition coefficient (Wildman–Crippen LogP) is 2.59. The fourth-order valence-electron chi connectivity index (χ4n) is 11.1. The van der Waals surface area contributed by atoms with Crippen molar-refractivity contribution < 1.29 is 29.2 Å². The van der Waals surface area contributed by atoms with Crippen molar-refractivity contribution in [1.82, 2.24) is 0 Å². The third kappa shape index (κ3) is 2.12. The molecule has 11 fully saturated rings. The fourth-order valence-corrected chi connectivity index (χ4v) is 11.1. The lowest BCUT2D eigenvalue weighted by Crippen LogP contribution is -2.61. The van der Waals surface area contributed by atoms with Crippen LogP contribution in [0.4, 0.5) is 0 Å². The first-order valence-corrected chi connectivity index (χ1v) is 13.6. The second kappa shape index (κ2) is 5.93. The average molecular weight is 445 g/mol. The highest BCUT2D eigenvalue weighted by molar-refractivity contribution is 5.16. The summed E-state index contributed by atoms with van der Waals surface area (Å²) in [6.07, 6.45) is 8.47. The van der Waals surface area contributed by atoms with Gasteiger partial charge in [-0.25, -0.2) is 0 Å². The molecule has 6 nitrogen and oxygen atoms in total. The summed E-state index contributed by atoms with van der Waals surface area (Å²) in [5.41, 5.74) is 0. The van der Waals surface area contributed by atoms with Crippen LogP contribution in [-0.2, 0) is 18.9 Å². The Hall–Kier alpha value is -0.240. The molecule has 11 aliphatic rings. The van der Waals surface area contributed by atoms with Gasteiger partial charge in [0.1, 0.15) is 36.6 Å². The molecule has 2 aliphatic heterocycles. The Labute approximate surface area is 189 Å². The summed E-state index contributed by atoms with van der Waals surface area (Å²) in [4.78, 5) is 0. The van der Waals surface area contributed by atoms with Gasteiger partial charge in [0.25, 0.3) is 0 Å². The molecule has 2 N–H and O–H groups in total. The SMILES string of the molecule is OC1[C@H]2OC3(O[C@@H]2C(O)[C@@H]2OC4(O[C@H]12)C1CC2CC(C1)CC4C2)C1CC2CC(C1)CC3C2. The van der Waals surface area contributed by atoms with E-state index in [1.807, 2.05) is 0 Å². The van der Waals surface area contributed by atoms with Crippen molar-refractivity contribution in [3.8, 4) is 0 Å². The Morgan fingerprint density at radius 2 is 0.656 bits per heavy atom. The molecule has 2 unspecified atom stereocenters. The van der Waals surface area contributed by atoms with Gasteiger partial charge in [0.2, 0.25) is 0 Å². The quantitative estimate of drug-likeness (QED) is 0.598.